The van der Waals surface area contributed by atoms with Crippen LogP contribution in [-0.2, 0) is 15.8 Å². The second-order valence-corrected chi connectivity index (χ2v) is 6.56. The van der Waals surface area contributed by atoms with Crippen LogP contribution in [0.1, 0.15) is 11.1 Å². The Kier molecular flexibility index (Phi) is 3.41. The molecule has 0 aliphatic heterocycles. The van der Waals surface area contributed by atoms with Gasteiger partial charge in [-0.05, 0) is 17.2 Å². The van der Waals surface area contributed by atoms with Crippen LogP contribution < -0.4 is 5.14 Å². The van der Waals surface area contributed by atoms with E-state index in [4.69, 9.17) is 10.4 Å². The van der Waals surface area contributed by atoms with E-state index in [1.54, 1.807) is 30.6 Å². The van der Waals surface area contributed by atoms with Gasteiger partial charge in [0.05, 0.1) is 11.3 Å². The molecule has 0 bridgehead atoms. The van der Waals surface area contributed by atoms with E-state index in [-0.39, 0.29) is 5.75 Å². The molecule has 0 saturated carbocycles. The fourth-order valence-electron chi connectivity index (χ4n) is 2.33. The monoisotopic (exact) mass is 312 g/mol. The molecule has 0 aliphatic rings. The third-order valence-corrected chi connectivity index (χ3v) is 4.02. The number of pyridine rings is 1. The molecule has 0 aliphatic carbocycles. The van der Waals surface area contributed by atoms with E-state index in [0.29, 0.717) is 16.8 Å². The molecule has 0 spiro atoms. The Morgan fingerprint density at radius 3 is 2.82 bits per heavy atom. The molecule has 1 aromatic carbocycles. The van der Waals surface area contributed by atoms with Gasteiger partial charge < -0.3 is 4.98 Å². The van der Waals surface area contributed by atoms with Crippen molar-refractivity contribution in [2.75, 3.05) is 0 Å². The Bertz CT molecular complexity index is 1000. The molecule has 0 fully saturated rings. The number of H-pyrrole nitrogens is 1. The smallest absolute Gasteiger partial charge is 0.213 e. The number of nitrogens with one attached hydrogen (secondary N) is 1. The van der Waals surface area contributed by atoms with Crippen LogP contribution in [0.3, 0.4) is 0 Å². The molecule has 0 radical (unpaired) electrons. The predicted octanol–water partition coefficient (Wildman–Crippen LogP) is 1.89. The second-order valence-electron chi connectivity index (χ2n) is 4.94. The van der Waals surface area contributed by atoms with Crippen molar-refractivity contribution in [3.05, 3.63) is 53.9 Å². The standard InChI is InChI=1S/C15H12N4O2S/c16-6-13-8-19-15-14(13)5-12(7-18-15)11-3-1-2-10(4-11)9-22(17,20)21/h1-5,7-8H,9H2,(H,18,19)(H2,17,20,21). The highest BCUT2D eigenvalue weighted by atomic mass is 32.2. The highest BCUT2D eigenvalue weighted by molar-refractivity contribution is 7.88. The first-order valence-electron chi connectivity index (χ1n) is 6.43. The third-order valence-electron chi connectivity index (χ3n) is 3.28. The number of nitriles is 1. The third kappa shape index (κ3) is 2.83. The average molecular weight is 312 g/mol. The molecule has 6 nitrogen and oxygen atoms in total. The maximum absolute atomic E-state index is 11.2. The highest BCUT2D eigenvalue weighted by Gasteiger charge is 2.09. The first kappa shape index (κ1) is 14.3. The van der Waals surface area contributed by atoms with Crippen molar-refractivity contribution in [2.45, 2.75) is 5.75 Å². The summed E-state index contributed by atoms with van der Waals surface area (Å²) in [5.41, 5.74) is 3.39. The maximum atomic E-state index is 11.2. The molecule has 2 aromatic heterocycles. The molecular weight excluding hydrogens is 300 g/mol. The Morgan fingerprint density at radius 1 is 1.27 bits per heavy atom. The lowest BCUT2D eigenvalue weighted by molar-refractivity contribution is 0.597. The first-order chi connectivity index (χ1) is 10.5. The zero-order valence-electron chi connectivity index (χ0n) is 11.4. The summed E-state index contributed by atoms with van der Waals surface area (Å²) in [6.07, 6.45) is 3.29. The molecule has 3 N–H and O–H groups in total. The predicted molar refractivity (Wildman–Crippen MR) is 83.1 cm³/mol. The number of benzene rings is 1. The molecule has 7 heteroatoms. The van der Waals surface area contributed by atoms with E-state index in [1.165, 1.54) is 0 Å². The largest absolute Gasteiger partial charge is 0.345 e. The van der Waals surface area contributed by atoms with Gasteiger partial charge in [-0.2, -0.15) is 5.26 Å². The lowest BCUT2D eigenvalue weighted by atomic mass is 10.0. The average Bonchev–Trinajstić information content (AvgIpc) is 2.88. The molecule has 3 rings (SSSR count). The van der Waals surface area contributed by atoms with E-state index < -0.39 is 10.0 Å². The van der Waals surface area contributed by atoms with Crippen molar-refractivity contribution in [1.29, 1.82) is 5.26 Å². The highest BCUT2D eigenvalue weighted by Crippen LogP contribution is 2.25. The van der Waals surface area contributed by atoms with Crippen LogP contribution in [0.25, 0.3) is 22.2 Å². The lowest BCUT2D eigenvalue weighted by Gasteiger charge is -2.05. The van der Waals surface area contributed by atoms with Gasteiger partial charge in [-0.25, -0.2) is 18.5 Å². The topological polar surface area (TPSA) is 113 Å². The van der Waals surface area contributed by atoms with Gasteiger partial charge >= 0.3 is 0 Å². The Morgan fingerprint density at radius 2 is 2.09 bits per heavy atom. The molecular formula is C15H12N4O2S. The minimum absolute atomic E-state index is 0.218. The summed E-state index contributed by atoms with van der Waals surface area (Å²) in [7, 11) is -3.58. The summed E-state index contributed by atoms with van der Waals surface area (Å²) in [4.78, 5) is 7.21. The first-order valence-corrected chi connectivity index (χ1v) is 8.15. The van der Waals surface area contributed by atoms with Gasteiger partial charge in [-0.15, -0.1) is 0 Å². The minimum atomic E-state index is -3.58. The molecule has 0 atom stereocenters. The molecule has 0 saturated heterocycles. The zero-order valence-corrected chi connectivity index (χ0v) is 12.3. The Hall–Kier alpha value is -2.69. The van der Waals surface area contributed by atoms with Crippen molar-refractivity contribution in [3.63, 3.8) is 0 Å². The van der Waals surface area contributed by atoms with Crippen molar-refractivity contribution < 1.29 is 8.42 Å². The van der Waals surface area contributed by atoms with Crippen LogP contribution in [0.4, 0.5) is 0 Å². The van der Waals surface area contributed by atoms with E-state index in [2.05, 4.69) is 16.0 Å². The van der Waals surface area contributed by atoms with Crippen LogP contribution in [0, 0.1) is 11.3 Å². The van der Waals surface area contributed by atoms with Gasteiger partial charge in [0.25, 0.3) is 0 Å². The fraction of sp³-hybridized carbons (Fsp3) is 0.0667. The number of fused-ring (bicyclic) bond motifs is 1. The van der Waals surface area contributed by atoms with Crippen LogP contribution in [0.2, 0.25) is 0 Å². The summed E-state index contributed by atoms with van der Waals surface area (Å²) in [5, 5.41) is 14.9. The van der Waals surface area contributed by atoms with Gasteiger partial charge in [0.15, 0.2) is 0 Å². The Labute approximate surface area is 127 Å². The number of aromatic nitrogens is 2. The minimum Gasteiger partial charge on any atom is -0.345 e. The number of hydrogen-bond acceptors (Lipinski definition) is 4. The number of nitrogens with two attached hydrogens (primary N) is 1. The number of hydrogen-bond donors (Lipinski definition) is 2. The summed E-state index contributed by atoms with van der Waals surface area (Å²) in [5.74, 6) is -0.218. The number of nitrogens with zero attached hydrogens (tertiary/aromatic N) is 2. The number of aromatic amines is 1. The summed E-state index contributed by atoms with van der Waals surface area (Å²) < 4.78 is 22.4. The zero-order chi connectivity index (χ0) is 15.7. The molecule has 3 aromatic rings. The lowest BCUT2D eigenvalue weighted by Crippen LogP contribution is -2.14. The maximum Gasteiger partial charge on any atom is 0.213 e. The van der Waals surface area contributed by atoms with Gasteiger partial charge in [0.2, 0.25) is 10.0 Å². The van der Waals surface area contributed by atoms with Crippen molar-refractivity contribution in [3.8, 4) is 17.2 Å². The van der Waals surface area contributed by atoms with Gasteiger partial charge in [-0.1, -0.05) is 24.3 Å². The van der Waals surface area contributed by atoms with Gasteiger partial charge in [-0.3, -0.25) is 0 Å². The van der Waals surface area contributed by atoms with E-state index in [9.17, 15) is 8.42 Å². The number of primary sulfonamides is 1. The van der Waals surface area contributed by atoms with Crippen LogP contribution in [0.15, 0.2) is 42.7 Å². The second kappa shape index (κ2) is 5.26. The number of sulfonamides is 1. The van der Waals surface area contributed by atoms with E-state index in [0.717, 1.165) is 16.5 Å². The van der Waals surface area contributed by atoms with E-state index >= 15 is 0 Å². The summed E-state index contributed by atoms with van der Waals surface area (Å²) >= 11 is 0. The Balaban J connectivity index is 2.07. The summed E-state index contributed by atoms with van der Waals surface area (Å²) in [6, 6.07) is 11.0. The normalized spacial score (nSPS) is 11.5. The molecule has 2 heterocycles. The SMILES string of the molecule is N#Cc1c[nH]c2ncc(-c3cccc(CS(N)(=O)=O)c3)cc12. The van der Waals surface area contributed by atoms with Crippen molar-refractivity contribution in [1.82, 2.24) is 9.97 Å². The molecule has 22 heavy (non-hydrogen) atoms. The van der Waals surface area contributed by atoms with Crippen molar-refractivity contribution >= 4 is 21.1 Å². The fourth-order valence-corrected chi connectivity index (χ4v) is 2.97. The summed E-state index contributed by atoms with van der Waals surface area (Å²) in [6.45, 7) is 0. The number of rotatable bonds is 3. The quantitative estimate of drug-likeness (QED) is 0.768. The van der Waals surface area contributed by atoms with Crippen molar-refractivity contribution in [2.24, 2.45) is 5.14 Å². The van der Waals surface area contributed by atoms with Gasteiger partial charge in [0, 0.05) is 23.3 Å². The van der Waals surface area contributed by atoms with Gasteiger partial charge in [0.1, 0.15) is 11.7 Å². The molecule has 0 amide bonds. The van der Waals surface area contributed by atoms with Crippen LogP contribution in [-0.4, -0.2) is 18.4 Å². The van der Waals surface area contributed by atoms with E-state index in [1.807, 2.05) is 12.1 Å². The van der Waals surface area contributed by atoms with Crippen LogP contribution >= 0.6 is 0 Å². The van der Waals surface area contributed by atoms with Crippen LogP contribution in [0.5, 0.6) is 0 Å². The molecule has 0 unspecified atom stereocenters. The molecule has 110 valence electrons.